The number of amides is 2. The zero-order chi connectivity index (χ0) is 15.3. The van der Waals surface area contributed by atoms with Crippen LogP contribution in [0, 0.1) is 5.41 Å². The first-order valence-corrected chi connectivity index (χ1v) is 7.31. The topological polar surface area (TPSA) is 98.3 Å². The minimum atomic E-state index is -0.734. The van der Waals surface area contributed by atoms with Gasteiger partial charge in [0.1, 0.15) is 0 Å². The Morgan fingerprint density at radius 3 is 2.71 bits per heavy atom. The molecular weight excluding hydrogens is 272 g/mol. The third kappa shape index (κ3) is 3.53. The molecule has 7 nitrogen and oxygen atoms in total. The number of nitrogens with zero attached hydrogens (tertiary/aromatic N) is 2. The average Bonchev–Trinajstić information content (AvgIpc) is 2.99. The van der Waals surface area contributed by atoms with Crippen LogP contribution in [0.5, 0.6) is 0 Å². The molecule has 0 spiro atoms. The lowest BCUT2D eigenvalue weighted by molar-refractivity contribution is -0.152. The summed E-state index contributed by atoms with van der Waals surface area (Å²) in [6.45, 7) is 3.37. The third-order valence-electron chi connectivity index (χ3n) is 4.17. The number of nitrogens with one attached hydrogen (secondary N) is 2. The minimum absolute atomic E-state index is 0.153. The number of carboxylic acids is 1. The van der Waals surface area contributed by atoms with Crippen molar-refractivity contribution in [1.82, 2.24) is 20.2 Å². The van der Waals surface area contributed by atoms with Gasteiger partial charge in [-0.2, -0.15) is 0 Å². The van der Waals surface area contributed by atoms with Crippen LogP contribution in [-0.4, -0.2) is 45.1 Å². The second kappa shape index (κ2) is 6.60. The Balaban J connectivity index is 1.85. The zero-order valence-electron chi connectivity index (χ0n) is 12.3. The van der Waals surface area contributed by atoms with Crippen molar-refractivity contribution in [3.8, 4) is 0 Å². The van der Waals surface area contributed by atoms with Gasteiger partial charge in [0, 0.05) is 19.3 Å². The summed E-state index contributed by atoms with van der Waals surface area (Å²) in [6, 6.07) is -0.153. The van der Waals surface area contributed by atoms with Crippen LogP contribution in [0.15, 0.2) is 12.5 Å². The highest BCUT2D eigenvalue weighted by Gasteiger charge is 2.41. The molecular formula is C14H22N4O3. The van der Waals surface area contributed by atoms with Gasteiger partial charge in [-0.15, -0.1) is 0 Å². The van der Waals surface area contributed by atoms with Crippen molar-refractivity contribution < 1.29 is 14.7 Å². The van der Waals surface area contributed by atoms with Gasteiger partial charge in [0.2, 0.25) is 0 Å². The van der Waals surface area contributed by atoms with Crippen LogP contribution in [0.4, 0.5) is 4.79 Å². The SMILES string of the molecule is CCCC1(C(=O)O)CCN(C(=O)NCc2cnc[nH]2)CC1. The van der Waals surface area contributed by atoms with E-state index >= 15 is 0 Å². The van der Waals surface area contributed by atoms with Gasteiger partial charge in [0.15, 0.2) is 0 Å². The number of imidazole rings is 1. The molecule has 0 aromatic carbocycles. The Hall–Kier alpha value is -2.05. The predicted molar refractivity (Wildman–Crippen MR) is 76.6 cm³/mol. The minimum Gasteiger partial charge on any atom is -0.481 e. The van der Waals surface area contributed by atoms with E-state index in [-0.39, 0.29) is 6.03 Å². The number of rotatable bonds is 5. The molecule has 3 N–H and O–H groups in total. The summed E-state index contributed by atoms with van der Waals surface area (Å²) >= 11 is 0. The monoisotopic (exact) mass is 294 g/mol. The molecule has 1 aromatic heterocycles. The molecule has 1 aliphatic rings. The first-order chi connectivity index (χ1) is 10.1. The summed E-state index contributed by atoms with van der Waals surface area (Å²) in [6.07, 6.45) is 5.78. The Morgan fingerprint density at radius 1 is 1.48 bits per heavy atom. The first-order valence-electron chi connectivity index (χ1n) is 7.31. The molecule has 116 valence electrons. The van der Waals surface area contributed by atoms with Crippen LogP contribution in [-0.2, 0) is 11.3 Å². The Kier molecular flexibility index (Phi) is 4.82. The van der Waals surface area contributed by atoms with Crippen LogP contribution in [0.2, 0.25) is 0 Å². The molecule has 2 amide bonds. The number of carbonyl (C=O) groups excluding carboxylic acids is 1. The number of urea groups is 1. The lowest BCUT2D eigenvalue weighted by Gasteiger charge is -2.38. The van der Waals surface area contributed by atoms with Gasteiger partial charge in [0.05, 0.1) is 24.0 Å². The number of carboxylic acid groups (broad SMARTS) is 1. The van der Waals surface area contributed by atoms with E-state index < -0.39 is 11.4 Å². The second-order valence-corrected chi connectivity index (χ2v) is 5.56. The van der Waals surface area contributed by atoms with Gasteiger partial charge in [-0.25, -0.2) is 9.78 Å². The van der Waals surface area contributed by atoms with Crippen molar-refractivity contribution in [2.75, 3.05) is 13.1 Å². The molecule has 1 fully saturated rings. The molecule has 1 aliphatic heterocycles. The molecule has 0 bridgehead atoms. The van der Waals surface area contributed by atoms with Crippen LogP contribution in [0.3, 0.4) is 0 Å². The van der Waals surface area contributed by atoms with Crippen molar-refractivity contribution in [2.45, 2.75) is 39.2 Å². The Labute approximate surface area is 123 Å². The van der Waals surface area contributed by atoms with E-state index in [1.807, 2.05) is 6.92 Å². The molecule has 1 saturated heterocycles. The van der Waals surface area contributed by atoms with Crippen molar-refractivity contribution in [2.24, 2.45) is 5.41 Å². The number of aromatic nitrogens is 2. The van der Waals surface area contributed by atoms with E-state index in [9.17, 15) is 14.7 Å². The maximum atomic E-state index is 12.1. The number of likely N-dealkylation sites (tertiary alicyclic amines) is 1. The highest BCUT2D eigenvalue weighted by atomic mass is 16.4. The second-order valence-electron chi connectivity index (χ2n) is 5.56. The third-order valence-corrected chi connectivity index (χ3v) is 4.17. The molecule has 2 heterocycles. The van der Waals surface area contributed by atoms with Crippen molar-refractivity contribution >= 4 is 12.0 Å². The fourth-order valence-corrected chi connectivity index (χ4v) is 2.85. The van der Waals surface area contributed by atoms with Gasteiger partial charge in [-0.05, 0) is 19.3 Å². The molecule has 0 aliphatic carbocycles. The van der Waals surface area contributed by atoms with Gasteiger partial charge in [-0.1, -0.05) is 13.3 Å². The molecule has 0 unspecified atom stereocenters. The first kappa shape index (κ1) is 15.3. The fraction of sp³-hybridized carbons (Fsp3) is 0.643. The average molecular weight is 294 g/mol. The molecule has 0 radical (unpaired) electrons. The van der Waals surface area contributed by atoms with Crippen LogP contribution < -0.4 is 5.32 Å². The van der Waals surface area contributed by atoms with E-state index in [0.29, 0.717) is 38.9 Å². The van der Waals surface area contributed by atoms with Gasteiger partial charge in [-0.3, -0.25) is 4.79 Å². The zero-order valence-corrected chi connectivity index (χ0v) is 12.3. The summed E-state index contributed by atoms with van der Waals surface area (Å²) in [5.41, 5.74) is 0.181. The van der Waals surface area contributed by atoms with E-state index in [1.54, 1.807) is 17.4 Å². The van der Waals surface area contributed by atoms with Gasteiger partial charge < -0.3 is 20.3 Å². The highest BCUT2D eigenvalue weighted by molar-refractivity contribution is 5.77. The molecule has 0 saturated carbocycles. The summed E-state index contributed by atoms with van der Waals surface area (Å²) in [7, 11) is 0. The molecule has 21 heavy (non-hydrogen) atoms. The molecule has 0 atom stereocenters. The Bertz CT molecular complexity index is 478. The normalized spacial score (nSPS) is 17.5. The van der Waals surface area contributed by atoms with E-state index in [4.69, 9.17) is 0 Å². The van der Waals surface area contributed by atoms with E-state index in [1.165, 1.54) is 0 Å². The Morgan fingerprint density at radius 2 is 2.19 bits per heavy atom. The molecule has 7 heteroatoms. The number of piperidine rings is 1. The number of aliphatic carboxylic acids is 1. The molecule has 2 rings (SSSR count). The smallest absolute Gasteiger partial charge is 0.317 e. The van der Waals surface area contributed by atoms with Crippen molar-refractivity contribution in [1.29, 1.82) is 0 Å². The van der Waals surface area contributed by atoms with E-state index in [0.717, 1.165) is 12.1 Å². The van der Waals surface area contributed by atoms with Crippen LogP contribution >= 0.6 is 0 Å². The lowest BCUT2D eigenvalue weighted by Crippen LogP contribution is -2.49. The summed E-state index contributed by atoms with van der Waals surface area (Å²) in [5.74, 6) is -0.734. The number of carbonyl (C=O) groups is 2. The number of hydrogen-bond acceptors (Lipinski definition) is 3. The fourth-order valence-electron chi connectivity index (χ4n) is 2.85. The summed E-state index contributed by atoms with van der Waals surface area (Å²) in [5, 5.41) is 12.3. The predicted octanol–water partition coefficient (Wildman–Crippen LogP) is 1.59. The van der Waals surface area contributed by atoms with Gasteiger partial charge >= 0.3 is 12.0 Å². The highest BCUT2D eigenvalue weighted by Crippen LogP contribution is 2.36. The standard InChI is InChI=1S/C14H22N4O3/c1-2-3-14(12(19)20)4-6-18(7-5-14)13(21)16-9-11-8-15-10-17-11/h8,10H,2-7,9H2,1H3,(H,15,17)(H,16,21)(H,19,20). The van der Waals surface area contributed by atoms with Crippen molar-refractivity contribution in [3.63, 3.8) is 0 Å². The summed E-state index contributed by atoms with van der Waals surface area (Å²) < 4.78 is 0. The van der Waals surface area contributed by atoms with E-state index in [2.05, 4.69) is 15.3 Å². The number of H-pyrrole nitrogens is 1. The van der Waals surface area contributed by atoms with Gasteiger partial charge in [0.25, 0.3) is 0 Å². The van der Waals surface area contributed by atoms with Crippen molar-refractivity contribution in [3.05, 3.63) is 18.2 Å². The number of hydrogen-bond donors (Lipinski definition) is 3. The maximum absolute atomic E-state index is 12.1. The van der Waals surface area contributed by atoms with Crippen LogP contribution in [0.25, 0.3) is 0 Å². The quantitative estimate of drug-likeness (QED) is 0.768. The largest absolute Gasteiger partial charge is 0.481 e. The maximum Gasteiger partial charge on any atom is 0.317 e. The molecule has 1 aromatic rings. The summed E-state index contributed by atoms with van der Waals surface area (Å²) in [4.78, 5) is 32.1. The lowest BCUT2D eigenvalue weighted by atomic mass is 9.75. The van der Waals surface area contributed by atoms with Crippen LogP contribution in [0.1, 0.15) is 38.3 Å². The number of aromatic amines is 1.